The molecule has 7 nitrogen and oxygen atoms in total. The molecule has 1 aromatic rings. The minimum atomic E-state index is -0.692. The average molecular weight is 343 g/mol. The molecular weight excluding hydrogens is 322 g/mol. The van der Waals surface area contributed by atoms with Crippen LogP contribution in [0.1, 0.15) is 30.1 Å². The first-order valence-corrected chi connectivity index (χ1v) is 8.17. The van der Waals surface area contributed by atoms with E-state index in [0.29, 0.717) is 17.8 Å². The van der Waals surface area contributed by atoms with Crippen LogP contribution in [0.2, 0.25) is 0 Å². The predicted octanol–water partition coefficient (Wildman–Crippen LogP) is 1.98. The number of benzene rings is 1. The summed E-state index contributed by atoms with van der Waals surface area (Å²) in [5.74, 6) is -0.892. The molecule has 0 aliphatic carbocycles. The molecule has 1 unspecified atom stereocenters. The Kier molecular flexibility index (Phi) is 6.99. The Labute approximate surface area is 146 Å². The standard InChI is InChI=1S/C18H21N3O4/c1-2-24-18(23)14(10-19)11-20-15-6-3-5-13(9-15)17(22)21-12-16-7-4-8-25-16/h3,5-6,9,11,16,20H,2,4,7-8,12H2,1H3,(H,21,22)/b14-11+. The van der Waals surface area contributed by atoms with E-state index in [2.05, 4.69) is 10.6 Å². The van der Waals surface area contributed by atoms with Crippen LogP contribution >= 0.6 is 0 Å². The average Bonchev–Trinajstić information content (AvgIpc) is 3.14. The molecular formula is C18H21N3O4. The van der Waals surface area contributed by atoms with Gasteiger partial charge in [0.2, 0.25) is 0 Å². The van der Waals surface area contributed by atoms with E-state index in [1.165, 1.54) is 6.20 Å². The number of carbonyl (C=O) groups is 2. The van der Waals surface area contributed by atoms with Crippen molar-refractivity contribution in [3.8, 4) is 6.07 Å². The number of hydrogen-bond donors (Lipinski definition) is 2. The van der Waals surface area contributed by atoms with Gasteiger partial charge in [0, 0.05) is 30.6 Å². The quantitative estimate of drug-likeness (QED) is 0.446. The maximum absolute atomic E-state index is 12.2. The van der Waals surface area contributed by atoms with Crippen molar-refractivity contribution in [1.29, 1.82) is 5.26 Å². The molecule has 1 amide bonds. The van der Waals surface area contributed by atoms with Gasteiger partial charge in [-0.05, 0) is 38.0 Å². The molecule has 1 fully saturated rings. The van der Waals surface area contributed by atoms with E-state index < -0.39 is 5.97 Å². The number of rotatable bonds is 7. The molecule has 1 aliphatic rings. The van der Waals surface area contributed by atoms with Gasteiger partial charge in [0.15, 0.2) is 5.57 Å². The highest BCUT2D eigenvalue weighted by Gasteiger charge is 2.16. The second-order valence-corrected chi connectivity index (χ2v) is 5.46. The summed E-state index contributed by atoms with van der Waals surface area (Å²) in [6, 6.07) is 8.55. The number of nitriles is 1. The van der Waals surface area contributed by atoms with Crippen molar-refractivity contribution in [3.63, 3.8) is 0 Å². The Morgan fingerprint density at radius 1 is 1.48 bits per heavy atom. The maximum Gasteiger partial charge on any atom is 0.350 e. The van der Waals surface area contributed by atoms with Crippen LogP contribution in [0, 0.1) is 11.3 Å². The molecule has 1 aliphatic heterocycles. The molecule has 0 aromatic heterocycles. The molecule has 2 N–H and O–H groups in total. The first-order valence-electron chi connectivity index (χ1n) is 8.17. The Bertz CT molecular complexity index is 688. The lowest BCUT2D eigenvalue weighted by Gasteiger charge is -2.11. The molecule has 7 heteroatoms. The van der Waals surface area contributed by atoms with E-state index in [1.54, 1.807) is 37.3 Å². The SMILES string of the molecule is CCOC(=O)/C(C#N)=C/Nc1cccc(C(=O)NCC2CCCO2)c1. The Hall–Kier alpha value is -2.85. The molecule has 1 aromatic carbocycles. The van der Waals surface area contributed by atoms with Crippen molar-refractivity contribution >= 4 is 17.6 Å². The topological polar surface area (TPSA) is 100 Å². The maximum atomic E-state index is 12.2. The van der Waals surface area contributed by atoms with Gasteiger partial charge < -0.3 is 20.1 Å². The Balaban J connectivity index is 1.96. The minimum Gasteiger partial charge on any atom is -0.462 e. The highest BCUT2D eigenvalue weighted by molar-refractivity contribution is 5.95. The van der Waals surface area contributed by atoms with E-state index in [4.69, 9.17) is 14.7 Å². The number of anilines is 1. The van der Waals surface area contributed by atoms with Crippen molar-refractivity contribution in [1.82, 2.24) is 5.32 Å². The van der Waals surface area contributed by atoms with Crippen LogP contribution in [0.25, 0.3) is 0 Å². The van der Waals surface area contributed by atoms with Gasteiger partial charge in [-0.25, -0.2) is 4.79 Å². The van der Waals surface area contributed by atoms with Gasteiger partial charge in [-0.15, -0.1) is 0 Å². The summed E-state index contributed by atoms with van der Waals surface area (Å²) in [6.45, 7) is 3.09. The van der Waals surface area contributed by atoms with Gasteiger partial charge >= 0.3 is 5.97 Å². The highest BCUT2D eigenvalue weighted by atomic mass is 16.5. The van der Waals surface area contributed by atoms with Crippen LogP contribution in [-0.2, 0) is 14.3 Å². The van der Waals surface area contributed by atoms with Gasteiger partial charge in [-0.3, -0.25) is 4.79 Å². The lowest BCUT2D eigenvalue weighted by Crippen LogP contribution is -2.31. The summed E-state index contributed by atoms with van der Waals surface area (Å²) in [7, 11) is 0. The van der Waals surface area contributed by atoms with Crippen molar-refractivity contribution in [2.45, 2.75) is 25.9 Å². The van der Waals surface area contributed by atoms with E-state index in [-0.39, 0.29) is 24.2 Å². The molecule has 0 radical (unpaired) electrons. The summed E-state index contributed by atoms with van der Waals surface area (Å²) in [4.78, 5) is 23.8. The third-order valence-electron chi connectivity index (χ3n) is 3.64. The number of amides is 1. The monoisotopic (exact) mass is 343 g/mol. The molecule has 1 atom stereocenters. The van der Waals surface area contributed by atoms with Crippen molar-refractivity contribution in [3.05, 3.63) is 41.6 Å². The molecule has 0 saturated carbocycles. The number of nitrogens with zero attached hydrogens (tertiary/aromatic N) is 1. The zero-order valence-corrected chi connectivity index (χ0v) is 14.1. The van der Waals surface area contributed by atoms with Gasteiger partial charge in [-0.1, -0.05) is 6.07 Å². The Morgan fingerprint density at radius 3 is 3.00 bits per heavy atom. The van der Waals surface area contributed by atoms with Crippen molar-refractivity contribution in [2.24, 2.45) is 0 Å². The van der Waals surface area contributed by atoms with Gasteiger partial charge in [0.1, 0.15) is 6.07 Å². The van der Waals surface area contributed by atoms with Crippen LogP contribution < -0.4 is 10.6 Å². The fourth-order valence-corrected chi connectivity index (χ4v) is 2.37. The number of ether oxygens (including phenoxy) is 2. The normalized spacial score (nSPS) is 16.8. The second kappa shape index (κ2) is 9.45. The minimum absolute atomic E-state index is 0.0796. The molecule has 0 spiro atoms. The van der Waals surface area contributed by atoms with Crippen LogP contribution in [0.15, 0.2) is 36.0 Å². The number of esters is 1. The molecule has 132 valence electrons. The zero-order chi connectivity index (χ0) is 18.1. The third kappa shape index (κ3) is 5.62. The fraction of sp³-hybridized carbons (Fsp3) is 0.389. The van der Waals surface area contributed by atoms with Gasteiger partial charge in [0.05, 0.1) is 12.7 Å². The number of carbonyl (C=O) groups excluding carboxylic acids is 2. The van der Waals surface area contributed by atoms with Gasteiger partial charge in [-0.2, -0.15) is 5.26 Å². The number of hydrogen-bond acceptors (Lipinski definition) is 6. The van der Waals surface area contributed by atoms with Crippen molar-refractivity contribution in [2.75, 3.05) is 25.1 Å². The fourth-order valence-electron chi connectivity index (χ4n) is 2.37. The van der Waals surface area contributed by atoms with E-state index in [0.717, 1.165) is 19.4 Å². The van der Waals surface area contributed by atoms with E-state index >= 15 is 0 Å². The Morgan fingerprint density at radius 2 is 2.32 bits per heavy atom. The van der Waals surface area contributed by atoms with E-state index in [9.17, 15) is 9.59 Å². The summed E-state index contributed by atoms with van der Waals surface area (Å²) in [6.07, 6.45) is 3.32. The van der Waals surface area contributed by atoms with E-state index in [1.807, 2.05) is 0 Å². The van der Waals surface area contributed by atoms with Gasteiger partial charge in [0.25, 0.3) is 5.91 Å². The molecule has 1 heterocycles. The lowest BCUT2D eigenvalue weighted by atomic mass is 10.1. The first kappa shape index (κ1) is 18.5. The van der Waals surface area contributed by atoms with Crippen LogP contribution in [0.4, 0.5) is 5.69 Å². The number of nitrogens with one attached hydrogen (secondary N) is 2. The summed E-state index contributed by atoms with van der Waals surface area (Å²) < 4.78 is 10.3. The summed E-state index contributed by atoms with van der Waals surface area (Å²) in [5.41, 5.74) is 0.919. The lowest BCUT2D eigenvalue weighted by molar-refractivity contribution is -0.138. The third-order valence-corrected chi connectivity index (χ3v) is 3.64. The summed E-state index contributed by atoms with van der Waals surface area (Å²) >= 11 is 0. The molecule has 2 rings (SSSR count). The second-order valence-electron chi connectivity index (χ2n) is 5.46. The largest absolute Gasteiger partial charge is 0.462 e. The van der Waals surface area contributed by atoms with Crippen LogP contribution in [0.5, 0.6) is 0 Å². The molecule has 0 bridgehead atoms. The smallest absolute Gasteiger partial charge is 0.350 e. The summed E-state index contributed by atoms with van der Waals surface area (Å²) in [5, 5.41) is 14.7. The first-order chi connectivity index (χ1) is 12.1. The predicted molar refractivity (Wildman–Crippen MR) is 91.7 cm³/mol. The highest BCUT2D eigenvalue weighted by Crippen LogP contribution is 2.13. The molecule has 1 saturated heterocycles. The van der Waals surface area contributed by atoms with Crippen LogP contribution in [-0.4, -0.2) is 37.7 Å². The molecule has 25 heavy (non-hydrogen) atoms. The van der Waals surface area contributed by atoms with Crippen LogP contribution in [0.3, 0.4) is 0 Å². The van der Waals surface area contributed by atoms with Crippen molar-refractivity contribution < 1.29 is 19.1 Å². The zero-order valence-electron chi connectivity index (χ0n) is 14.1.